The highest BCUT2D eigenvalue weighted by atomic mass is 19.4. The molecule has 2 unspecified atom stereocenters. The van der Waals surface area contributed by atoms with Crippen molar-refractivity contribution in [2.45, 2.75) is 44.4 Å². The number of hydrogen-bond acceptors (Lipinski definition) is 1. The van der Waals surface area contributed by atoms with E-state index in [0.29, 0.717) is 6.04 Å². The molecule has 1 aromatic carbocycles. The summed E-state index contributed by atoms with van der Waals surface area (Å²) in [7, 11) is 0. The van der Waals surface area contributed by atoms with Crippen LogP contribution in [0.1, 0.15) is 43.4 Å². The lowest BCUT2D eigenvalue weighted by Crippen LogP contribution is -2.32. The summed E-state index contributed by atoms with van der Waals surface area (Å²) in [6.45, 7) is 1.99. The molecule has 1 nitrogen and oxygen atoms in total. The average molecular weight is 269 g/mol. The van der Waals surface area contributed by atoms with Crippen LogP contribution in [0.4, 0.5) is 13.2 Å². The van der Waals surface area contributed by atoms with Crippen molar-refractivity contribution in [3.05, 3.63) is 47.5 Å². The third-order valence-electron chi connectivity index (χ3n) is 3.49. The zero-order chi connectivity index (χ0) is 13.9. The highest BCUT2D eigenvalue weighted by molar-refractivity contribution is 5.26. The van der Waals surface area contributed by atoms with Gasteiger partial charge in [-0.15, -0.1) is 0 Å². The summed E-state index contributed by atoms with van der Waals surface area (Å²) in [5.41, 5.74) is 0.298. The van der Waals surface area contributed by atoms with Gasteiger partial charge in [0.25, 0.3) is 0 Å². The first-order valence-corrected chi connectivity index (χ1v) is 6.55. The number of rotatable bonds is 3. The highest BCUT2D eigenvalue weighted by Gasteiger charge is 2.30. The maximum Gasteiger partial charge on any atom is 0.416 e. The first kappa shape index (κ1) is 14.1. The van der Waals surface area contributed by atoms with Gasteiger partial charge in [-0.3, -0.25) is 0 Å². The van der Waals surface area contributed by atoms with Crippen LogP contribution in [0.25, 0.3) is 0 Å². The SMILES string of the molecule is CC(NC1CC=CCC1)c1ccc(C(F)(F)F)cc1. The van der Waals surface area contributed by atoms with Crippen molar-refractivity contribution in [1.82, 2.24) is 5.32 Å². The van der Waals surface area contributed by atoms with E-state index in [1.54, 1.807) is 12.1 Å². The molecule has 1 N–H and O–H groups in total. The molecule has 0 bridgehead atoms. The molecule has 0 saturated heterocycles. The molecule has 0 aromatic heterocycles. The molecule has 4 heteroatoms. The van der Waals surface area contributed by atoms with Crippen LogP contribution in [-0.2, 0) is 6.18 Å². The maximum absolute atomic E-state index is 12.5. The molecular formula is C15H18F3N. The average Bonchev–Trinajstić information content (AvgIpc) is 2.39. The van der Waals surface area contributed by atoms with Gasteiger partial charge in [-0.05, 0) is 43.9 Å². The monoisotopic (exact) mass is 269 g/mol. The summed E-state index contributed by atoms with van der Waals surface area (Å²) < 4.78 is 37.4. The van der Waals surface area contributed by atoms with Crippen LogP contribution in [0, 0.1) is 0 Å². The van der Waals surface area contributed by atoms with Gasteiger partial charge < -0.3 is 5.32 Å². The third kappa shape index (κ3) is 3.83. The second-order valence-corrected chi connectivity index (χ2v) is 4.99. The van der Waals surface area contributed by atoms with Gasteiger partial charge in [0, 0.05) is 12.1 Å². The summed E-state index contributed by atoms with van der Waals surface area (Å²) in [4.78, 5) is 0. The van der Waals surface area contributed by atoms with E-state index in [2.05, 4.69) is 17.5 Å². The highest BCUT2D eigenvalue weighted by Crippen LogP contribution is 2.30. The van der Waals surface area contributed by atoms with E-state index in [4.69, 9.17) is 0 Å². The summed E-state index contributed by atoms with van der Waals surface area (Å²) in [6.07, 6.45) is 3.20. The number of alkyl halides is 3. The van der Waals surface area contributed by atoms with Gasteiger partial charge in [0.1, 0.15) is 0 Å². The molecule has 0 radical (unpaired) electrons. The van der Waals surface area contributed by atoms with Crippen molar-refractivity contribution in [2.75, 3.05) is 0 Å². The molecule has 0 heterocycles. The number of hydrogen-bond donors (Lipinski definition) is 1. The second-order valence-electron chi connectivity index (χ2n) is 4.99. The summed E-state index contributed by atoms with van der Waals surface area (Å²) in [6, 6.07) is 5.89. The minimum absolute atomic E-state index is 0.0683. The Labute approximate surface area is 111 Å². The van der Waals surface area contributed by atoms with Crippen LogP contribution in [0.15, 0.2) is 36.4 Å². The Morgan fingerprint density at radius 1 is 1.16 bits per heavy atom. The molecule has 104 valence electrons. The van der Waals surface area contributed by atoms with Gasteiger partial charge in [-0.25, -0.2) is 0 Å². The van der Waals surface area contributed by atoms with E-state index in [1.807, 2.05) is 6.92 Å². The van der Waals surface area contributed by atoms with Crippen molar-refractivity contribution < 1.29 is 13.2 Å². The smallest absolute Gasteiger partial charge is 0.307 e. The van der Waals surface area contributed by atoms with Gasteiger partial charge >= 0.3 is 6.18 Å². The molecule has 0 spiro atoms. The van der Waals surface area contributed by atoms with E-state index in [-0.39, 0.29) is 6.04 Å². The van der Waals surface area contributed by atoms with E-state index in [1.165, 1.54) is 0 Å². The molecule has 2 atom stereocenters. The Hall–Kier alpha value is -1.29. The second kappa shape index (κ2) is 5.78. The van der Waals surface area contributed by atoms with Gasteiger partial charge in [-0.1, -0.05) is 24.3 Å². The Morgan fingerprint density at radius 2 is 1.84 bits per heavy atom. The van der Waals surface area contributed by atoms with E-state index < -0.39 is 11.7 Å². The minimum Gasteiger partial charge on any atom is -0.307 e. The van der Waals surface area contributed by atoms with Crippen LogP contribution >= 0.6 is 0 Å². The van der Waals surface area contributed by atoms with Crippen LogP contribution in [0.3, 0.4) is 0 Å². The van der Waals surface area contributed by atoms with Crippen molar-refractivity contribution in [3.63, 3.8) is 0 Å². The van der Waals surface area contributed by atoms with Crippen molar-refractivity contribution in [2.24, 2.45) is 0 Å². The Bertz CT molecular complexity index is 434. The third-order valence-corrected chi connectivity index (χ3v) is 3.49. The fourth-order valence-electron chi connectivity index (χ4n) is 2.36. The van der Waals surface area contributed by atoms with Gasteiger partial charge in [0.15, 0.2) is 0 Å². The zero-order valence-corrected chi connectivity index (χ0v) is 10.9. The normalized spacial score (nSPS) is 21.4. The lowest BCUT2D eigenvalue weighted by Gasteiger charge is -2.24. The number of halogens is 3. The van der Waals surface area contributed by atoms with Gasteiger partial charge in [0.05, 0.1) is 5.56 Å². The zero-order valence-electron chi connectivity index (χ0n) is 10.9. The lowest BCUT2D eigenvalue weighted by molar-refractivity contribution is -0.137. The predicted molar refractivity (Wildman–Crippen MR) is 69.8 cm³/mol. The molecule has 1 aromatic rings. The van der Waals surface area contributed by atoms with Crippen molar-refractivity contribution in [1.29, 1.82) is 0 Å². The standard InChI is InChI=1S/C15H18F3N/c1-11(19-14-5-3-2-4-6-14)12-7-9-13(10-8-12)15(16,17)18/h2-3,7-11,14,19H,4-6H2,1H3. The first-order valence-electron chi connectivity index (χ1n) is 6.55. The summed E-state index contributed by atoms with van der Waals surface area (Å²) in [5.74, 6) is 0. The van der Waals surface area contributed by atoms with E-state index >= 15 is 0 Å². The van der Waals surface area contributed by atoms with E-state index in [9.17, 15) is 13.2 Å². The van der Waals surface area contributed by atoms with Crippen molar-refractivity contribution >= 4 is 0 Å². The Morgan fingerprint density at radius 3 is 2.37 bits per heavy atom. The maximum atomic E-state index is 12.5. The predicted octanol–water partition coefficient (Wildman–Crippen LogP) is 4.46. The fourth-order valence-corrected chi connectivity index (χ4v) is 2.36. The van der Waals surface area contributed by atoms with Crippen LogP contribution in [0.2, 0.25) is 0 Å². The fraction of sp³-hybridized carbons (Fsp3) is 0.467. The summed E-state index contributed by atoms with van der Waals surface area (Å²) >= 11 is 0. The molecule has 1 aliphatic carbocycles. The molecule has 0 aliphatic heterocycles. The van der Waals surface area contributed by atoms with Gasteiger partial charge in [-0.2, -0.15) is 13.2 Å². The molecule has 0 saturated carbocycles. The topological polar surface area (TPSA) is 12.0 Å². The van der Waals surface area contributed by atoms with Crippen LogP contribution < -0.4 is 5.32 Å². The Kier molecular flexibility index (Phi) is 4.30. The summed E-state index contributed by atoms with van der Waals surface area (Å²) in [5, 5.41) is 3.46. The first-order chi connectivity index (χ1) is 8.97. The molecule has 0 fully saturated rings. The van der Waals surface area contributed by atoms with Crippen LogP contribution in [-0.4, -0.2) is 6.04 Å². The molecule has 19 heavy (non-hydrogen) atoms. The molecule has 1 aliphatic rings. The quantitative estimate of drug-likeness (QED) is 0.799. The molecule has 2 rings (SSSR count). The number of allylic oxidation sites excluding steroid dienone is 1. The largest absolute Gasteiger partial charge is 0.416 e. The molecule has 0 amide bonds. The minimum atomic E-state index is -4.26. The lowest BCUT2D eigenvalue weighted by atomic mass is 9.99. The van der Waals surface area contributed by atoms with E-state index in [0.717, 1.165) is 37.0 Å². The van der Waals surface area contributed by atoms with Gasteiger partial charge in [0.2, 0.25) is 0 Å². The molecular weight excluding hydrogens is 251 g/mol. The van der Waals surface area contributed by atoms with Crippen molar-refractivity contribution in [3.8, 4) is 0 Å². The number of benzene rings is 1. The van der Waals surface area contributed by atoms with Crippen LogP contribution in [0.5, 0.6) is 0 Å². The Balaban J connectivity index is 1.99. The number of nitrogens with one attached hydrogen (secondary N) is 1.